The number of nitrogens with zero attached hydrogens (tertiary/aromatic N) is 2. The van der Waals surface area contributed by atoms with Crippen LogP contribution in [-0.4, -0.2) is 62.2 Å². The molecular weight excluding hydrogens is 246 g/mol. The van der Waals surface area contributed by atoms with Crippen LogP contribution in [0, 0.1) is 11.8 Å². The van der Waals surface area contributed by atoms with Crippen LogP contribution >= 0.6 is 0 Å². The molecule has 2 rings (SSSR count). The van der Waals surface area contributed by atoms with Gasteiger partial charge in [-0.3, -0.25) is 0 Å². The van der Waals surface area contributed by atoms with Crippen LogP contribution in [0.5, 0.6) is 0 Å². The average molecular weight is 281 g/mol. The van der Waals surface area contributed by atoms with Crippen LogP contribution in [0.25, 0.3) is 0 Å². The minimum absolute atomic E-state index is 0.688. The Morgan fingerprint density at radius 1 is 1.00 bits per heavy atom. The topological polar surface area (TPSA) is 18.5 Å². The van der Waals surface area contributed by atoms with Crippen molar-refractivity contribution in [2.45, 2.75) is 52.0 Å². The highest BCUT2D eigenvalue weighted by molar-refractivity contribution is 4.79. The van der Waals surface area contributed by atoms with Crippen molar-refractivity contribution < 1.29 is 0 Å². The minimum Gasteiger partial charge on any atom is -0.314 e. The van der Waals surface area contributed by atoms with Crippen molar-refractivity contribution >= 4 is 0 Å². The third kappa shape index (κ3) is 5.34. The van der Waals surface area contributed by atoms with Gasteiger partial charge in [0.25, 0.3) is 0 Å². The van der Waals surface area contributed by atoms with Gasteiger partial charge in [0.2, 0.25) is 0 Å². The van der Waals surface area contributed by atoms with Crippen LogP contribution in [0.15, 0.2) is 0 Å². The lowest BCUT2D eigenvalue weighted by atomic mass is 9.90. The number of hydrogen-bond acceptors (Lipinski definition) is 3. The first-order valence-electron chi connectivity index (χ1n) is 8.79. The third-order valence-electron chi connectivity index (χ3n) is 5.28. The summed E-state index contributed by atoms with van der Waals surface area (Å²) in [7, 11) is 2.25. The van der Waals surface area contributed by atoms with Crippen LogP contribution in [-0.2, 0) is 0 Å². The molecule has 2 fully saturated rings. The molecule has 118 valence electrons. The lowest BCUT2D eigenvalue weighted by molar-refractivity contribution is 0.176. The maximum Gasteiger partial charge on any atom is 0.00680 e. The molecule has 0 aliphatic carbocycles. The number of hydrogen-bond donors (Lipinski definition) is 1. The number of piperidine rings is 2. The Bertz CT molecular complexity index is 255. The van der Waals surface area contributed by atoms with Crippen molar-refractivity contribution in [3.63, 3.8) is 0 Å². The zero-order valence-electron chi connectivity index (χ0n) is 13.9. The maximum atomic E-state index is 3.81. The van der Waals surface area contributed by atoms with Crippen molar-refractivity contribution in [2.75, 3.05) is 46.3 Å². The largest absolute Gasteiger partial charge is 0.314 e. The van der Waals surface area contributed by atoms with Gasteiger partial charge in [0.05, 0.1) is 0 Å². The van der Waals surface area contributed by atoms with Gasteiger partial charge in [-0.15, -0.1) is 0 Å². The van der Waals surface area contributed by atoms with Gasteiger partial charge in [-0.25, -0.2) is 0 Å². The van der Waals surface area contributed by atoms with E-state index < -0.39 is 0 Å². The van der Waals surface area contributed by atoms with E-state index >= 15 is 0 Å². The Morgan fingerprint density at radius 2 is 1.65 bits per heavy atom. The molecule has 0 amide bonds. The molecule has 2 heterocycles. The minimum atomic E-state index is 0.688. The molecule has 0 aromatic heterocycles. The summed E-state index contributed by atoms with van der Waals surface area (Å²) >= 11 is 0. The molecule has 3 nitrogen and oxygen atoms in total. The van der Waals surface area contributed by atoms with E-state index in [9.17, 15) is 0 Å². The Hall–Kier alpha value is -0.120. The molecule has 0 radical (unpaired) electrons. The van der Waals surface area contributed by atoms with Gasteiger partial charge in [-0.05, 0) is 84.2 Å². The highest BCUT2D eigenvalue weighted by Gasteiger charge is 2.22. The van der Waals surface area contributed by atoms with Gasteiger partial charge in [-0.1, -0.05) is 13.3 Å². The highest BCUT2D eigenvalue weighted by Crippen LogP contribution is 2.19. The first kappa shape index (κ1) is 16.3. The van der Waals surface area contributed by atoms with E-state index in [2.05, 4.69) is 36.0 Å². The van der Waals surface area contributed by atoms with E-state index in [1.54, 1.807) is 0 Å². The lowest BCUT2D eigenvalue weighted by Gasteiger charge is -2.34. The van der Waals surface area contributed by atoms with Gasteiger partial charge in [-0.2, -0.15) is 0 Å². The predicted octanol–water partition coefficient (Wildman–Crippen LogP) is 2.43. The van der Waals surface area contributed by atoms with Crippen molar-refractivity contribution in [3.05, 3.63) is 0 Å². The van der Waals surface area contributed by atoms with E-state index in [-0.39, 0.29) is 0 Å². The molecule has 3 heteroatoms. The van der Waals surface area contributed by atoms with E-state index in [4.69, 9.17) is 0 Å². The first-order chi connectivity index (χ1) is 9.65. The van der Waals surface area contributed by atoms with Gasteiger partial charge in [0.15, 0.2) is 0 Å². The van der Waals surface area contributed by atoms with E-state index in [1.165, 1.54) is 71.4 Å². The lowest BCUT2D eigenvalue weighted by Crippen LogP contribution is -2.43. The molecule has 2 atom stereocenters. The molecule has 2 saturated heterocycles. The van der Waals surface area contributed by atoms with Crippen molar-refractivity contribution in [1.82, 2.24) is 15.1 Å². The summed E-state index contributed by atoms with van der Waals surface area (Å²) in [6, 6.07) is 0.688. The highest BCUT2D eigenvalue weighted by atomic mass is 15.1. The van der Waals surface area contributed by atoms with E-state index in [0.717, 1.165) is 11.8 Å². The third-order valence-corrected chi connectivity index (χ3v) is 5.28. The Balaban J connectivity index is 1.60. The van der Waals surface area contributed by atoms with Gasteiger partial charge >= 0.3 is 0 Å². The smallest absolute Gasteiger partial charge is 0.00680 e. The number of rotatable bonds is 6. The molecule has 0 spiro atoms. The number of nitrogens with one attached hydrogen (secondary N) is 1. The second-order valence-corrected chi connectivity index (χ2v) is 7.30. The van der Waals surface area contributed by atoms with Crippen molar-refractivity contribution in [3.8, 4) is 0 Å². The maximum absolute atomic E-state index is 3.81. The van der Waals surface area contributed by atoms with Gasteiger partial charge in [0.1, 0.15) is 0 Å². The number of likely N-dealkylation sites (tertiary alicyclic amines) is 2. The molecule has 0 saturated carbocycles. The summed E-state index contributed by atoms with van der Waals surface area (Å²) in [5, 5.41) is 3.81. The Morgan fingerprint density at radius 3 is 2.30 bits per heavy atom. The summed E-state index contributed by atoms with van der Waals surface area (Å²) < 4.78 is 0. The van der Waals surface area contributed by atoms with Gasteiger partial charge < -0.3 is 15.1 Å². The van der Waals surface area contributed by atoms with E-state index in [0.29, 0.717) is 6.04 Å². The molecule has 0 aromatic carbocycles. The standard InChI is InChI=1S/C17H35N3/c1-15(14-20-9-5-4-6-10-20)13-18-16(2)17-7-11-19(3)12-8-17/h15-18H,4-14H2,1-3H3. The summed E-state index contributed by atoms with van der Waals surface area (Å²) in [5.41, 5.74) is 0. The molecule has 1 N–H and O–H groups in total. The van der Waals surface area contributed by atoms with Crippen LogP contribution < -0.4 is 5.32 Å². The van der Waals surface area contributed by atoms with Crippen LogP contribution in [0.1, 0.15) is 46.0 Å². The summed E-state index contributed by atoms with van der Waals surface area (Å²) in [5.74, 6) is 1.66. The Kier molecular flexibility index (Phi) is 6.79. The Labute approximate surface area is 126 Å². The molecular formula is C17H35N3. The van der Waals surface area contributed by atoms with Crippen LogP contribution in [0.2, 0.25) is 0 Å². The molecule has 2 aliphatic rings. The average Bonchev–Trinajstić information content (AvgIpc) is 2.46. The summed E-state index contributed by atoms with van der Waals surface area (Å²) in [6.45, 7) is 12.5. The fourth-order valence-corrected chi connectivity index (χ4v) is 3.73. The first-order valence-corrected chi connectivity index (χ1v) is 8.79. The fourth-order valence-electron chi connectivity index (χ4n) is 3.73. The SMILES string of the molecule is CC(CNC(C)C1CCN(C)CC1)CN1CCCCC1. The van der Waals surface area contributed by atoms with Crippen LogP contribution in [0.4, 0.5) is 0 Å². The fraction of sp³-hybridized carbons (Fsp3) is 1.00. The molecule has 0 bridgehead atoms. The zero-order valence-corrected chi connectivity index (χ0v) is 13.9. The van der Waals surface area contributed by atoms with Gasteiger partial charge in [0, 0.05) is 12.6 Å². The second kappa shape index (κ2) is 8.35. The van der Waals surface area contributed by atoms with E-state index in [1.807, 2.05) is 0 Å². The zero-order chi connectivity index (χ0) is 14.4. The van der Waals surface area contributed by atoms with Crippen molar-refractivity contribution in [2.24, 2.45) is 11.8 Å². The van der Waals surface area contributed by atoms with Crippen molar-refractivity contribution in [1.29, 1.82) is 0 Å². The summed E-state index contributed by atoms with van der Waals surface area (Å²) in [4.78, 5) is 5.12. The summed E-state index contributed by atoms with van der Waals surface area (Å²) in [6.07, 6.45) is 6.99. The molecule has 20 heavy (non-hydrogen) atoms. The molecule has 2 aliphatic heterocycles. The predicted molar refractivity (Wildman–Crippen MR) is 87.1 cm³/mol. The monoisotopic (exact) mass is 281 g/mol. The van der Waals surface area contributed by atoms with Crippen LogP contribution in [0.3, 0.4) is 0 Å². The normalized spacial score (nSPS) is 26.6. The molecule has 0 aromatic rings. The molecule has 2 unspecified atom stereocenters. The quantitative estimate of drug-likeness (QED) is 0.807. The second-order valence-electron chi connectivity index (χ2n) is 7.30.